The van der Waals surface area contributed by atoms with Crippen molar-refractivity contribution in [1.82, 2.24) is 0 Å². The second kappa shape index (κ2) is 4.75. The zero-order valence-corrected chi connectivity index (χ0v) is 9.59. The van der Waals surface area contributed by atoms with E-state index in [1.165, 1.54) is 6.92 Å². The van der Waals surface area contributed by atoms with Gasteiger partial charge in [0.1, 0.15) is 0 Å². The highest BCUT2D eigenvalue weighted by molar-refractivity contribution is 5.78. The van der Waals surface area contributed by atoms with E-state index < -0.39 is 11.6 Å². The standard InChI is InChI=1S/C10H20O4/c1-6-10(5,14-12)8(11)13-7-9(2,3)4/h12H,6-7H2,1-5H3. The lowest BCUT2D eigenvalue weighted by Crippen LogP contribution is -2.39. The molecule has 0 heterocycles. The summed E-state index contributed by atoms with van der Waals surface area (Å²) in [7, 11) is 0. The van der Waals surface area contributed by atoms with Crippen LogP contribution in [0, 0.1) is 5.41 Å². The molecule has 0 amide bonds. The molecule has 0 bridgehead atoms. The van der Waals surface area contributed by atoms with Crippen LogP contribution >= 0.6 is 0 Å². The monoisotopic (exact) mass is 204 g/mol. The number of ether oxygens (including phenoxy) is 1. The van der Waals surface area contributed by atoms with Crippen molar-refractivity contribution >= 4 is 5.97 Å². The number of rotatable bonds is 4. The smallest absolute Gasteiger partial charge is 0.341 e. The summed E-state index contributed by atoms with van der Waals surface area (Å²) in [5.74, 6) is -0.530. The van der Waals surface area contributed by atoms with Gasteiger partial charge in [0.25, 0.3) is 0 Å². The van der Waals surface area contributed by atoms with Gasteiger partial charge in [0.2, 0.25) is 0 Å². The summed E-state index contributed by atoms with van der Waals surface area (Å²) in [6.45, 7) is 9.44. The van der Waals surface area contributed by atoms with Gasteiger partial charge in [0.15, 0.2) is 5.60 Å². The summed E-state index contributed by atoms with van der Waals surface area (Å²) in [5, 5.41) is 8.58. The minimum Gasteiger partial charge on any atom is -0.463 e. The van der Waals surface area contributed by atoms with Crippen LogP contribution in [-0.4, -0.2) is 23.4 Å². The third-order valence-corrected chi connectivity index (χ3v) is 1.94. The number of hydrogen-bond acceptors (Lipinski definition) is 4. The molecule has 0 aromatic heterocycles. The van der Waals surface area contributed by atoms with Crippen LogP contribution in [0.3, 0.4) is 0 Å². The van der Waals surface area contributed by atoms with Crippen molar-refractivity contribution in [3.05, 3.63) is 0 Å². The third-order valence-electron chi connectivity index (χ3n) is 1.94. The number of carbonyl (C=O) groups is 1. The number of carbonyl (C=O) groups excluding carboxylic acids is 1. The minimum absolute atomic E-state index is 0.0836. The highest BCUT2D eigenvalue weighted by atomic mass is 17.1. The first-order chi connectivity index (χ1) is 6.25. The second-order valence-corrected chi connectivity index (χ2v) is 4.81. The molecule has 1 N–H and O–H groups in total. The molecule has 14 heavy (non-hydrogen) atoms. The predicted molar refractivity (Wildman–Crippen MR) is 52.8 cm³/mol. The molecule has 1 unspecified atom stereocenters. The first kappa shape index (κ1) is 13.4. The molecule has 4 heteroatoms. The van der Waals surface area contributed by atoms with Gasteiger partial charge in [-0.3, -0.25) is 5.26 Å². The summed E-state index contributed by atoms with van der Waals surface area (Å²) >= 11 is 0. The van der Waals surface area contributed by atoms with Crippen molar-refractivity contribution in [2.24, 2.45) is 5.41 Å². The Labute approximate surface area is 85.1 Å². The summed E-state index contributed by atoms with van der Waals surface area (Å²) in [4.78, 5) is 15.6. The van der Waals surface area contributed by atoms with Crippen molar-refractivity contribution in [3.8, 4) is 0 Å². The first-order valence-electron chi connectivity index (χ1n) is 4.75. The van der Waals surface area contributed by atoms with E-state index in [0.717, 1.165) is 0 Å². The van der Waals surface area contributed by atoms with Gasteiger partial charge in [-0.2, -0.15) is 0 Å². The summed E-state index contributed by atoms with van der Waals surface area (Å²) in [6.07, 6.45) is 0.368. The molecule has 0 rings (SSSR count). The van der Waals surface area contributed by atoms with Crippen molar-refractivity contribution in [1.29, 1.82) is 0 Å². The molecular formula is C10H20O4. The summed E-state index contributed by atoms with van der Waals surface area (Å²) in [6, 6.07) is 0. The molecule has 0 aromatic carbocycles. The highest BCUT2D eigenvalue weighted by Gasteiger charge is 2.35. The molecule has 0 fully saturated rings. The third kappa shape index (κ3) is 4.07. The molecule has 0 spiro atoms. The molecule has 0 aliphatic rings. The summed E-state index contributed by atoms with van der Waals surface area (Å²) < 4.78 is 5.03. The van der Waals surface area contributed by atoms with E-state index >= 15 is 0 Å². The van der Waals surface area contributed by atoms with Crippen LogP contribution in [-0.2, 0) is 14.4 Å². The number of esters is 1. The molecule has 0 aliphatic carbocycles. The van der Waals surface area contributed by atoms with Crippen LogP contribution in [0.4, 0.5) is 0 Å². The average molecular weight is 204 g/mol. The van der Waals surface area contributed by atoms with Gasteiger partial charge in [0.05, 0.1) is 6.61 Å². The number of hydrogen-bond donors (Lipinski definition) is 1. The minimum atomic E-state index is -1.24. The Kier molecular flexibility index (Phi) is 4.55. The average Bonchev–Trinajstić information content (AvgIpc) is 2.11. The Morgan fingerprint density at radius 1 is 1.29 bits per heavy atom. The SMILES string of the molecule is CCC(C)(OO)C(=O)OCC(C)(C)C. The van der Waals surface area contributed by atoms with Crippen LogP contribution in [0.15, 0.2) is 0 Å². The lowest BCUT2D eigenvalue weighted by molar-refractivity contribution is -0.314. The maximum Gasteiger partial charge on any atom is 0.341 e. The summed E-state index contributed by atoms with van der Waals surface area (Å²) in [5.41, 5.74) is -1.33. The fourth-order valence-electron chi connectivity index (χ4n) is 0.681. The van der Waals surface area contributed by atoms with E-state index in [-0.39, 0.29) is 5.41 Å². The fraction of sp³-hybridized carbons (Fsp3) is 0.900. The van der Waals surface area contributed by atoms with E-state index in [4.69, 9.17) is 9.99 Å². The molecule has 0 saturated heterocycles. The van der Waals surface area contributed by atoms with Crippen molar-refractivity contribution < 1.29 is 19.7 Å². The van der Waals surface area contributed by atoms with Crippen LogP contribution in [0.2, 0.25) is 0 Å². The second-order valence-electron chi connectivity index (χ2n) is 4.81. The van der Waals surface area contributed by atoms with Gasteiger partial charge in [-0.05, 0) is 18.8 Å². The molecule has 0 radical (unpaired) electrons. The highest BCUT2D eigenvalue weighted by Crippen LogP contribution is 2.19. The van der Waals surface area contributed by atoms with E-state index in [0.29, 0.717) is 13.0 Å². The van der Waals surface area contributed by atoms with Gasteiger partial charge in [-0.25, -0.2) is 9.68 Å². The van der Waals surface area contributed by atoms with Crippen molar-refractivity contribution in [2.45, 2.75) is 46.6 Å². The molecule has 0 aliphatic heterocycles. The van der Waals surface area contributed by atoms with Crippen LogP contribution in [0.1, 0.15) is 41.0 Å². The fourth-order valence-corrected chi connectivity index (χ4v) is 0.681. The van der Waals surface area contributed by atoms with Crippen molar-refractivity contribution in [3.63, 3.8) is 0 Å². The zero-order chi connectivity index (χ0) is 11.4. The lowest BCUT2D eigenvalue weighted by atomic mass is 9.98. The molecule has 4 nitrogen and oxygen atoms in total. The largest absolute Gasteiger partial charge is 0.463 e. The molecule has 0 aromatic rings. The Bertz CT molecular complexity index is 189. The quantitative estimate of drug-likeness (QED) is 0.433. The Balaban J connectivity index is 4.20. The molecule has 84 valence electrons. The van der Waals surface area contributed by atoms with Crippen LogP contribution in [0.25, 0.3) is 0 Å². The predicted octanol–water partition coefficient (Wildman–Crippen LogP) is 2.23. The molecule has 1 atom stereocenters. The van der Waals surface area contributed by atoms with E-state index in [9.17, 15) is 4.79 Å². The Morgan fingerprint density at radius 2 is 1.79 bits per heavy atom. The van der Waals surface area contributed by atoms with Gasteiger partial charge in [-0.15, -0.1) is 0 Å². The van der Waals surface area contributed by atoms with E-state index in [1.54, 1.807) is 6.92 Å². The van der Waals surface area contributed by atoms with Gasteiger partial charge < -0.3 is 4.74 Å². The van der Waals surface area contributed by atoms with Gasteiger partial charge in [0, 0.05) is 0 Å². The zero-order valence-electron chi connectivity index (χ0n) is 9.59. The maximum absolute atomic E-state index is 11.5. The lowest BCUT2D eigenvalue weighted by Gasteiger charge is -2.25. The Morgan fingerprint density at radius 3 is 2.07 bits per heavy atom. The molecular weight excluding hydrogens is 184 g/mol. The van der Waals surface area contributed by atoms with Gasteiger partial charge >= 0.3 is 5.97 Å². The first-order valence-corrected chi connectivity index (χ1v) is 4.75. The topological polar surface area (TPSA) is 55.8 Å². The van der Waals surface area contributed by atoms with Crippen LogP contribution < -0.4 is 0 Å². The van der Waals surface area contributed by atoms with E-state index in [1.807, 2.05) is 20.8 Å². The van der Waals surface area contributed by atoms with Crippen LogP contribution in [0.5, 0.6) is 0 Å². The van der Waals surface area contributed by atoms with Gasteiger partial charge in [-0.1, -0.05) is 27.7 Å². The Hall–Kier alpha value is -0.610. The van der Waals surface area contributed by atoms with E-state index in [2.05, 4.69) is 4.89 Å². The van der Waals surface area contributed by atoms with Crippen molar-refractivity contribution in [2.75, 3.05) is 6.61 Å². The molecule has 0 saturated carbocycles. The maximum atomic E-state index is 11.5. The normalized spacial score (nSPS) is 16.1.